The first-order valence-electron chi connectivity index (χ1n) is 24.9. The number of unbranched alkanes of at least 4 members (excludes halogenated alkanes) is 24. The molecule has 0 bridgehead atoms. The van der Waals surface area contributed by atoms with E-state index in [0.717, 1.165) is 51.4 Å². The molecule has 0 rings (SSSR count). The second kappa shape index (κ2) is 43.7. The Hall–Kier alpha value is -2.97. The van der Waals surface area contributed by atoms with Crippen LogP contribution in [-0.2, 0) is 28.6 Å². The summed E-state index contributed by atoms with van der Waals surface area (Å²) < 4.78 is 17.2. The molecule has 2 unspecified atom stereocenters. The number of carbonyl (C=O) groups is 3. The van der Waals surface area contributed by atoms with Crippen LogP contribution < -0.4 is 5.11 Å². The van der Waals surface area contributed by atoms with Gasteiger partial charge in [0.2, 0.25) is 0 Å². The van der Waals surface area contributed by atoms with Gasteiger partial charge in [-0.1, -0.05) is 216 Å². The molecule has 0 saturated heterocycles. The minimum Gasteiger partial charge on any atom is -0.544 e. The largest absolute Gasteiger partial charge is 0.544 e. The van der Waals surface area contributed by atoms with Gasteiger partial charge in [-0.15, -0.1) is 0 Å². The molecule has 0 fully saturated rings. The molecular formula is C53H93NO7. The van der Waals surface area contributed by atoms with Crippen LogP contribution in [0.5, 0.6) is 0 Å². The molecule has 8 heteroatoms. The maximum atomic E-state index is 12.8. The van der Waals surface area contributed by atoms with Gasteiger partial charge in [0.05, 0.1) is 40.3 Å². The molecule has 0 N–H and O–H groups in total. The number of quaternary nitrogens is 1. The number of nitrogens with zero attached hydrogens (tertiary/aromatic N) is 1. The van der Waals surface area contributed by atoms with Crippen molar-refractivity contribution in [2.45, 2.75) is 219 Å². The number of carboxylic acid groups (broad SMARTS) is 1. The van der Waals surface area contributed by atoms with E-state index in [1.807, 2.05) is 48.6 Å². The van der Waals surface area contributed by atoms with Crippen molar-refractivity contribution in [1.82, 2.24) is 0 Å². The van der Waals surface area contributed by atoms with E-state index in [4.69, 9.17) is 14.2 Å². The number of carbonyl (C=O) groups excluding carboxylic acids is 3. The van der Waals surface area contributed by atoms with E-state index in [1.54, 1.807) is 21.1 Å². The third-order valence-corrected chi connectivity index (χ3v) is 11.0. The van der Waals surface area contributed by atoms with Crippen molar-refractivity contribution in [3.63, 3.8) is 0 Å². The van der Waals surface area contributed by atoms with Crippen LogP contribution in [0.15, 0.2) is 60.8 Å². The predicted molar refractivity (Wildman–Crippen MR) is 254 cm³/mol. The van der Waals surface area contributed by atoms with Crippen LogP contribution in [-0.4, -0.2) is 75.5 Å². The molecule has 8 nitrogen and oxygen atoms in total. The van der Waals surface area contributed by atoms with Gasteiger partial charge in [-0.25, -0.2) is 0 Å². The van der Waals surface area contributed by atoms with Crippen LogP contribution in [0.25, 0.3) is 0 Å². The zero-order chi connectivity index (χ0) is 44.9. The Kier molecular flexibility index (Phi) is 41.5. The Bertz CT molecular complexity index is 1180. The first kappa shape index (κ1) is 58.0. The van der Waals surface area contributed by atoms with Crippen molar-refractivity contribution < 1.29 is 38.2 Å². The molecule has 0 aliphatic carbocycles. The van der Waals surface area contributed by atoms with E-state index in [1.165, 1.54) is 122 Å². The summed E-state index contributed by atoms with van der Waals surface area (Å²) >= 11 is 0. The van der Waals surface area contributed by atoms with Crippen LogP contribution in [0.4, 0.5) is 0 Å². The minimum absolute atomic E-state index is 0.0266. The SMILES string of the molecule is CC/C=C/C=C/C=C/C=C/C=C/CCCCCC(=O)OCC(COCCC(C(=O)[O-])[N+](C)(C)C)OC(=O)CCCCCCCCCCCCCCCCCCCCCCCC. The molecule has 0 radical (unpaired) electrons. The van der Waals surface area contributed by atoms with Gasteiger partial charge in [0.1, 0.15) is 12.6 Å². The van der Waals surface area contributed by atoms with Crippen molar-refractivity contribution in [2.24, 2.45) is 0 Å². The fraction of sp³-hybridized carbons (Fsp3) is 0.755. The fourth-order valence-electron chi connectivity index (χ4n) is 7.21. The van der Waals surface area contributed by atoms with Crippen molar-refractivity contribution >= 4 is 17.9 Å². The number of likely N-dealkylation sites (N-methyl/N-ethyl adjacent to an activating group) is 1. The summed E-state index contributed by atoms with van der Waals surface area (Å²) in [5.74, 6) is -1.78. The molecular weight excluding hydrogens is 763 g/mol. The van der Waals surface area contributed by atoms with Gasteiger partial charge < -0.3 is 28.6 Å². The second-order valence-electron chi connectivity index (χ2n) is 17.8. The molecule has 0 saturated carbocycles. The predicted octanol–water partition coefficient (Wildman–Crippen LogP) is 12.8. The molecule has 0 aromatic carbocycles. The lowest BCUT2D eigenvalue weighted by atomic mass is 10.0. The van der Waals surface area contributed by atoms with Crippen molar-refractivity contribution in [3.8, 4) is 0 Å². The normalized spacial score (nSPS) is 13.4. The van der Waals surface area contributed by atoms with Crippen LogP contribution in [0.3, 0.4) is 0 Å². The Balaban J connectivity index is 4.27. The molecule has 0 aromatic heterocycles. The van der Waals surface area contributed by atoms with Gasteiger partial charge in [-0.3, -0.25) is 9.59 Å². The molecule has 0 amide bonds. The molecule has 0 spiro atoms. The number of esters is 2. The summed E-state index contributed by atoms with van der Waals surface area (Å²) in [6.45, 7) is 4.49. The standard InChI is InChI=1S/C53H93NO7/c1-6-8-10-12-14-16-18-20-22-23-24-25-26-27-28-30-32-34-36-38-40-42-44-52(56)61-49(47-59-46-45-50(53(57)58)54(3,4)5)48-60-51(55)43-41-39-37-35-33-31-29-21-19-17-15-13-11-9-7-2/h9,11,13,15,17,19,21,29,31,33,49-50H,6-8,10,12,14,16,18,20,22-28,30,32,34-48H2,1-5H3/b11-9+,15-13+,19-17+,29-21+,33-31+. The fourth-order valence-corrected chi connectivity index (χ4v) is 7.21. The van der Waals surface area contributed by atoms with E-state index in [0.29, 0.717) is 12.8 Å². The monoisotopic (exact) mass is 856 g/mol. The molecule has 0 aliphatic heterocycles. The Morgan fingerprint density at radius 3 is 1.36 bits per heavy atom. The van der Waals surface area contributed by atoms with E-state index < -0.39 is 18.1 Å². The summed E-state index contributed by atoms with van der Waals surface area (Å²) in [5.41, 5.74) is 0. The molecule has 61 heavy (non-hydrogen) atoms. The van der Waals surface area contributed by atoms with Crippen LogP contribution >= 0.6 is 0 Å². The highest BCUT2D eigenvalue weighted by atomic mass is 16.6. The van der Waals surface area contributed by atoms with Crippen molar-refractivity contribution in [2.75, 3.05) is 41.0 Å². The van der Waals surface area contributed by atoms with E-state index in [9.17, 15) is 19.5 Å². The first-order chi connectivity index (χ1) is 29.6. The number of ether oxygens (including phenoxy) is 3. The zero-order valence-corrected chi connectivity index (χ0v) is 40.1. The van der Waals surface area contributed by atoms with Crippen molar-refractivity contribution in [3.05, 3.63) is 60.8 Å². The van der Waals surface area contributed by atoms with E-state index in [-0.39, 0.29) is 42.7 Å². The maximum Gasteiger partial charge on any atom is 0.306 e. The number of hydrogen-bond acceptors (Lipinski definition) is 7. The lowest BCUT2D eigenvalue weighted by Gasteiger charge is -2.34. The number of rotatable bonds is 44. The number of carboxylic acids is 1. The average molecular weight is 856 g/mol. The number of allylic oxidation sites excluding steroid dienone is 10. The summed E-state index contributed by atoms with van der Waals surface area (Å²) in [6.07, 6.45) is 54.0. The topological polar surface area (TPSA) is 102 Å². The second-order valence-corrected chi connectivity index (χ2v) is 17.8. The quantitative estimate of drug-likeness (QED) is 0.0260. The molecule has 2 atom stereocenters. The molecule has 0 heterocycles. The maximum absolute atomic E-state index is 12.8. The van der Waals surface area contributed by atoms with Gasteiger partial charge in [0.25, 0.3) is 0 Å². The lowest BCUT2D eigenvalue weighted by Crippen LogP contribution is -2.55. The lowest BCUT2D eigenvalue weighted by molar-refractivity contribution is -0.889. The Morgan fingerprint density at radius 2 is 0.918 bits per heavy atom. The van der Waals surface area contributed by atoms with Crippen LogP contribution in [0, 0.1) is 0 Å². The van der Waals surface area contributed by atoms with Crippen LogP contribution in [0.1, 0.15) is 206 Å². The molecule has 352 valence electrons. The van der Waals surface area contributed by atoms with Gasteiger partial charge >= 0.3 is 11.9 Å². The highest BCUT2D eigenvalue weighted by molar-refractivity contribution is 5.70. The van der Waals surface area contributed by atoms with E-state index >= 15 is 0 Å². The average Bonchev–Trinajstić information content (AvgIpc) is 3.22. The third kappa shape index (κ3) is 42.1. The minimum atomic E-state index is -1.13. The first-order valence-corrected chi connectivity index (χ1v) is 24.9. The summed E-state index contributed by atoms with van der Waals surface area (Å²) in [5, 5.41) is 11.6. The van der Waals surface area contributed by atoms with Crippen LogP contribution in [0.2, 0.25) is 0 Å². The van der Waals surface area contributed by atoms with Gasteiger partial charge in [-0.2, -0.15) is 0 Å². The zero-order valence-electron chi connectivity index (χ0n) is 40.1. The van der Waals surface area contributed by atoms with Crippen molar-refractivity contribution in [1.29, 1.82) is 0 Å². The van der Waals surface area contributed by atoms with Gasteiger partial charge in [-0.05, 0) is 32.1 Å². The Labute approximate surface area is 375 Å². The highest BCUT2D eigenvalue weighted by Gasteiger charge is 2.25. The molecule has 0 aliphatic rings. The smallest absolute Gasteiger partial charge is 0.306 e. The van der Waals surface area contributed by atoms with Gasteiger partial charge in [0.15, 0.2) is 6.10 Å². The number of hydrogen-bond donors (Lipinski definition) is 0. The molecule has 0 aromatic rings. The summed E-state index contributed by atoms with van der Waals surface area (Å²) in [4.78, 5) is 37.0. The summed E-state index contributed by atoms with van der Waals surface area (Å²) in [6, 6.07) is -0.734. The highest BCUT2D eigenvalue weighted by Crippen LogP contribution is 2.16. The number of aliphatic carboxylic acids is 1. The Morgan fingerprint density at radius 1 is 0.508 bits per heavy atom. The van der Waals surface area contributed by atoms with Gasteiger partial charge in [0, 0.05) is 19.3 Å². The third-order valence-electron chi connectivity index (χ3n) is 11.0. The van der Waals surface area contributed by atoms with E-state index in [2.05, 4.69) is 26.0 Å². The summed E-state index contributed by atoms with van der Waals surface area (Å²) in [7, 11) is 5.40.